The fraction of sp³-hybridized carbons (Fsp3) is 0.342. The Bertz CT molecular complexity index is 1770. The highest BCUT2D eigenvalue weighted by Crippen LogP contribution is 2.33. The molecule has 3 heterocycles. The van der Waals surface area contributed by atoms with Gasteiger partial charge in [-0.1, -0.05) is 80.1 Å². The molecule has 48 heavy (non-hydrogen) atoms. The number of carbonyl (C=O) groups excluding carboxylic acids is 4. The Balaban J connectivity index is 1.30. The number of unbranched alkanes of at least 4 members (excludes halogenated alkanes) is 1. The summed E-state index contributed by atoms with van der Waals surface area (Å²) in [6.07, 6.45) is 3.43. The van der Waals surface area contributed by atoms with Crippen LogP contribution in [0.1, 0.15) is 56.2 Å². The molecule has 4 amide bonds. The van der Waals surface area contributed by atoms with E-state index in [1.165, 1.54) is 0 Å². The minimum absolute atomic E-state index is 0.117. The van der Waals surface area contributed by atoms with E-state index < -0.39 is 18.2 Å². The maximum atomic E-state index is 14.5. The van der Waals surface area contributed by atoms with E-state index in [2.05, 4.69) is 10.3 Å². The van der Waals surface area contributed by atoms with Gasteiger partial charge in [-0.3, -0.25) is 19.4 Å². The van der Waals surface area contributed by atoms with Gasteiger partial charge >= 0.3 is 12.0 Å². The Kier molecular flexibility index (Phi) is 9.99. The Morgan fingerprint density at radius 1 is 0.938 bits per heavy atom. The van der Waals surface area contributed by atoms with Crippen LogP contribution in [0.2, 0.25) is 0 Å². The van der Waals surface area contributed by atoms with Gasteiger partial charge in [0.15, 0.2) is 0 Å². The number of nitrogens with zero attached hydrogens (tertiary/aromatic N) is 4. The van der Waals surface area contributed by atoms with Crippen molar-refractivity contribution in [1.29, 1.82) is 0 Å². The maximum absolute atomic E-state index is 14.5. The molecule has 6 rings (SSSR count). The largest absolute Gasteiger partial charge is 0.427 e. The zero-order valence-electron chi connectivity index (χ0n) is 27.4. The summed E-state index contributed by atoms with van der Waals surface area (Å²) in [5.74, 6) is -0.208. The number of para-hydroxylation sites is 1. The van der Waals surface area contributed by atoms with Crippen LogP contribution in [0.25, 0.3) is 10.9 Å². The predicted molar refractivity (Wildman–Crippen MR) is 181 cm³/mol. The molecule has 0 aliphatic carbocycles. The van der Waals surface area contributed by atoms with Gasteiger partial charge < -0.3 is 24.8 Å². The van der Waals surface area contributed by atoms with E-state index in [-0.39, 0.29) is 49.7 Å². The number of hydrogen-bond acceptors (Lipinski definition) is 6. The van der Waals surface area contributed by atoms with Crippen molar-refractivity contribution in [2.24, 2.45) is 0 Å². The molecular formula is C38H41N5O5. The Morgan fingerprint density at radius 2 is 1.71 bits per heavy atom. The average Bonchev–Trinajstić information content (AvgIpc) is 3.11. The van der Waals surface area contributed by atoms with Crippen LogP contribution in [0, 0.1) is 0 Å². The zero-order valence-corrected chi connectivity index (χ0v) is 27.4. The highest BCUT2D eigenvalue weighted by Gasteiger charge is 2.52. The first kappa shape index (κ1) is 32.7. The lowest BCUT2D eigenvalue weighted by molar-refractivity contribution is -0.173. The minimum Gasteiger partial charge on any atom is -0.427 e. The number of esters is 1. The van der Waals surface area contributed by atoms with Crippen molar-refractivity contribution in [3.05, 3.63) is 108 Å². The Morgan fingerprint density at radius 3 is 2.48 bits per heavy atom. The number of amides is 4. The molecule has 1 aromatic heterocycles. The van der Waals surface area contributed by atoms with E-state index in [4.69, 9.17) is 4.74 Å². The number of aromatic nitrogens is 1. The molecule has 248 valence electrons. The first-order valence-electron chi connectivity index (χ1n) is 16.7. The summed E-state index contributed by atoms with van der Waals surface area (Å²) in [6.45, 7) is 4.78. The van der Waals surface area contributed by atoms with Gasteiger partial charge in [0, 0.05) is 50.5 Å². The van der Waals surface area contributed by atoms with Crippen molar-refractivity contribution in [3.8, 4) is 5.75 Å². The van der Waals surface area contributed by atoms with Crippen LogP contribution in [0.4, 0.5) is 4.79 Å². The van der Waals surface area contributed by atoms with Gasteiger partial charge in [-0.05, 0) is 48.2 Å². The lowest BCUT2D eigenvalue weighted by Gasteiger charge is -2.55. The normalized spacial score (nSPS) is 19.3. The molecule has 0 radical (unpaired) electrons. The molecule has 0 saturated carbocycles. The summed E-state index contributed by atoms with van der Waals surface area (Å²) in [7, 11) is 0. The van der Waals surface area contributed by atoms with Crippen LogP contribution in [-0.4, -0.2) is 68.3 Å². The summed E-state index contributed by atoms with van der Waals surface area (Å²) in [5.41, 5.74) is 3.46. The van der Waals surface area contributed by atoms with E-state index >= 15 is 0 Å². The first-order chi connectivity index (χ1) is 23.3. The summed E-state index contributed by atoms with van der Waals surface area (Å²) in [5, 5.41) is 4.00. The van der Waals surface area contributed by atoms with Gasteiger partial charge in [-0.2, -0.15) is 0 Å². The number of benzene rings is 3. The smallest absolute Gasteiger partial charge is 0.319 e. The van der Waals surface area contributed by atoms with Crippen LogP contribution >= 0.6 is 0 Å². The monoisotopic (exact) mass is 647 g/mol. The molecule has 2 fully saturated rings. The molecule has 3 aromatic carbocycles. The third-order valence-electron chi connectivity index (χ3n) is 9.21. The van der Waals surface area contributed by atoms with Crippen molar-refractivity contribution in [2.75, 3.05) is 6.54 Å². The molecule has 1 N–H and O–H groups in total. The fourth-order valence-electron chi connectivity index (χ4n) is 6.70. The Hall–Kier alpha value is -5.25. The highest BCUT2D eigenvalue weighted by molar-refractivity contribution is 5.92. The average molecular weight is 648 g/mol. The summed E-state index contributed by atoms with van der Waals surface area (Å²) in [6, 6.07) is 24.9. The number of pyridine rings is 1. The van der Waals surface area contributed by atoms with Crippen LogP contribution in [0.3, 0.4) is 0 Å². The number of nitrogens with one attached hydrogen (secondary N) is 1. The maximum Gasteiger partial charge on any atom is 0.319 e. The van der Waals surface area contributed by atoms with Crippen LogP contribution in [-0.2, 0) is 33.9 Å². The minimum atomic E-state index is -0.843. The lowest BCUT2D eigenvalue weighted by atomic mass is 9.93. The summed E-state index contributed by atoms with van der Waals surface area (Å²) >= 11 is 0. The third-order valence-corrected chi connectivity index (χ3v) is 9.21. The quantitative estimate of drug-likeness (QED) is 0.181. The van der Waals surface area contributed by atoms with E-state index in [0.717, 1.165) is 40.4 Å². The van der Waals surface area contributed by atoms with E-state index in [0.29, 0.717) is 18.7 Å². The third kappa shape index (κ3) is 7.02. The van der Waals surface area contributed by atoms with Gasteiger partial charge in [0.25, 0.3) is 0 Å². The van der Waals surface area contributed by atoms with Gasteiger partial charge in [0.05, 0.1) is 11.6 Å². The summed E-state index contributed by atoms with van der Waals surface area (Å²) in [4.78, 5) is 63.9. The molecule has 2 saturated heterocycles. The molecule has 10 heteroatoms. The fourth-order valence-corrected chi connectivity index (χ4v) is 6.70. The molecular weight excluding hydrogens is 606 g/mol. The molecule has 2 aliphatic rings. The van der Waals surface area contributed by atoms with Crippen LogP contribution in [0.15, 0.2) is 91.1 Å². The molecule has 0 bridgehead atoms. The van der Waals surface area contributed by atoms with E-state index in [1.54, 1.807) is 33.0 Å². The lowest BCUT2D eigenvalue weighted by Crippen LogP contribution is -2.75. The number of rotatable bonds is 10. The van der Waals surface area contributed by atoms with E-state index in [1.807, 2.05) is 86.6 Å². The van der Waals surface area contributed by atoms with Gasteiger partial charge in [0.2, 0.25) is 11.8 Å². The van der Waals surface area contributed by atoms with Crippen molar-refractivity contribution >= 4 is 34.7 Å². The standard InChI is InChI=1S/C38H41N5O5/c1-3-4-15-34(45)48-31-18-16-27(17-19-31)23-32-37(46)42(25-30-13-8-12-29-14-9-21-39-35(29)30)26(2)36-41(22-20-33(44)43(32)36)38(47)40-24-28-10-6-5-7-11-28/h5-14,16-19,21,26,32,36H,3-4,15,20,22-25H2,1-2H3,(H,40,47)/t26-,32-,36?/m0/s1. The van der Waals surface area contributed by atoms with Gasteiger partial charge in [-0.25, -0.2) is 4.79 Å². The van der Waals surface area contributed by atoms with Crippen molar-refractivity contribution < 1.29 is 23.9 Å². The number of urea groups is 1. The zero-order chi connectivity index (χ0) is 33.6. The topological polar surface area (TPSA) is 112 Å². The van der Waals surface area contributed by atoms with Crippen molar-refractivity contribution in [3.63, 3.8) is 0 Å². The van der Waals surface area contributed by atoms with Crippen molar-refractivity contribution in [1.82, 2.24) is 25.0 Å². The second-order valence-electron chi connectivity index (χ2n) is 12.4. The van der Waals surface area contributed by atoms with Gasteiger partial charge in [-0.15, -0.1) is 0 Å². The van der Waals surface area contributed by atoms with Crippen LogP contribution < -0.4 is 10.1 Å². The summed E-state index contributed by atoms with van der Waals surface area (Å²) < 4.78 is 5.48. The van der Waals surface area contributed by atoms with E-state index in [9.17, 15) is 19.2 Å². The first-order valence-corrected chi connectivity index (χ1v) is 16.7. The Labute approximate surface area is 280 Å². The van der Waals surface area contributed by atoms with Crippen LogP contribution in [0.5, 0.6) is 5.75 Å². The molecule has 2 aliphatic heterocycles. The number of ether oxygens (including phenoxy) is 1. The highest BCUT2D eigenvalue weighted by atomic mass is 16.5. The second-order valence-corrected chi connectivity index (χ2v) is 12.4. The molecule has 0 spiro atoms. The molecule has 4 aromatic rings. The second kappa shape index (κ2) is 14.7. The molecule has 1 unspecified atom stereocenters. The SMILES string of the molecule is CCCCC(=O)Oc1ccc(C[C@H]2C(=O)N(Cc3cccc4cccnc34)[C@@H](C)C3N(C(=O)NCc4ccccc4)CCC(=O)N32)cc1. The number of carbonyl (C=O) groups is 4. The van der Waals surface area contributed by atoms with Crippen molar-refractivity contribution in [2.45, 2.75) is 77.3 Å². The van der Waals surface area contributed by atoms with Gasteiger partial charge in [0.1, 0.15) is 18.0 Å². The predicted octanol–water partition coefficient (Wildman–Crippen LogP) is 5.44. The molecule has 10 nitrogen and oxygen atoms in total. The number of piperazine rings is 1. The number of hydrogen-bond donors (Lipinski definition) is 1. The number of fused-ring (bicyclic) bond motifs is 2. The molecule has 3 atom stereocenters.